The largest absolute Gasteiger partial charge is 0.573 e. The molecule has 10 nitrogen and oxygen atoms in total. The van der Waals surface area contributed by atoms with E-state index in [1.54, 1.807) is 28.9 Å². The molecule has 46 heavy (non-hydrogen) atoms. The molecule has 3 aromatic heterocycles. The average Bonchev–Trinajstić information content (AvgIpc) is 3.67. The molecule has 1 aliphatic heterocycles. The summed E-state index contributed by atoms with van der Waals surface area (Å²) in [6.07, 6.45) is -2.15. The van der Waals surface area contributed by atoms with Crippen molar-refractivity contribution in [2.24, 2.45) is 0 Å². The molecule has 0 spiro atoms. The molecule has 2 amide bonds. The number of fused-ring (bicyclic) bond motifs is 2. The molecule has 5 aromatic rings. The molecular formula is C31H25F5N6O4. The summed E-state index contributed by atoms with van der Waals surface area (Å²) in [6.45, 7) is 2.45. The van der Waals surface area contributed by atoms with Crippen molar-refractivity contribution in [3.63, 3.8) is 0 Å². The Hall–Kier alpha value is -5.34. The van der Waals surface area contributed by atoms with Crippen molar-refractivity contribution in [1.29, 1.82) is 0 Å². The highest BCUT2D eigenvalue weighted by molar-refractivity contribution is 6.08. The van der Waals surface area contributed by atoms with Gasteiger partial charge in [-0.1, -0.05) is 12.1 Å². The predicted molar refractivity (Wildman–Crippen MR) is 155 cm³/mol. The van der Waals surface area contributed by atoms with Gasteiger partial charge in [-0.3, -0.25) is 14.4 Å². The number of aryl methyl sites for hydroxylation is 1. The maximum absolute atomic E-state index is 14.7. The number of carbonyl (C=O) groups excluding carboxylic acids is 3. The van der Waals surface area contributed by atoms with E-state index in [2.05, 4.69) is 20.1 Å². The highest BCUT2D eigenvalue weighted by atomic mass is 19.4. The van der Waals surface area contributed by atoms with Gasteiger partial charge in [-0.15, -0.1) is 13.2 Å². The molecule has 1 N–H and O–H groups in total. The lowest BCUT2D eigenvalue weighted by Gasteiger charge is -2.24. The van der Waals surface area contributed by atoms with E-state index in [0.717, 1.165) is 39.9 Å². The van der Waals surface area contributed by atoms with E-state index in [-0.39, 0.29) is 12.3 Å². The van der Waals surface area contributed by atoms with Crippen LogP contribution in [0.5, 0.6) is 5.75 Å². The number of anilines is 1. The summed E-state index contributed by atoms with van der Waals surface area (Å²) in [4.78, 5) is 44.6. The smallest absolute Gasteiger partial charge is 0.403 e. The number of hydrogen-bond donors (Lipinski definition) is 1. The third-order valence-electron chi connectivity index (χ3n) is 7.65. The van der Waals surface area contributed by atoms with Crippen LogP contribution in [0.3, 0.4) is 0 Å². The SMILES string of the molecule is CC(=O)c1cn(CC(=O)N2C[C@H](F)C[C@H]2C(=O)Nc2cccc(OC(F)(F)F)c2F)c2ccc(-c3cnc4cc(C)nn4c3)cc12. The van der Waals surface area contributed by atoms with Crippen molar-refractivity contribution in [3.8, 4) is 16.9 Å². The lowest BCUT2D eigenvalue weighted by Crippen LogP contribution is -2.44. The highest BCUT2D eigenvalue weighted by Crippen LogP contribution is 2.32. The Bertz CT molecular complexity index is 2020. The Kier molecular flexibility index (Phi) is 7.70. The zero-order valence-electron chi connectivity index (χ0n) is 24.3. The molecule has 1 saturated heterocycles. The summed E-state index contributed by atoms with van der Waals surface area (Å²) in [5.74, 6) is -4.54. The van der Waals surface area contributed by atoms with Crippen LogP contribution >= 0.6 is 0 Å². The van der Waals surface area contributed by atoms with Crippen molar-refractivity contribution in [2.75, 3.05) is 11.9 Å². The third-order valence-corrected chi connectivity index (χ3v) is 7.65. The number of hydrogen-bond acceptors (Lipinski definition) is 6. The van der Waals surface area contributed by atoms with Gasteiger partial charge in [-0.25, -0.2) is 18.3 Å². The first kappa shape index (κ1) is 30.7. The zero-order valence-corrected chi connectivity index (χ0v) is 24.3. The lowest BCUT2D eigenvalue weighted by atomic mass is 10.0. The molecule has 0 radical (unpaired) electrons. The Morgan fingerprint density at radius 3 is 2.61 bits per heavy atom. The molecular weight excluding hydrogens is 615 g/mol. The van der Waals surface area contributed by atoms with Crippen LogP contribution in [0.25, 0.3) is 27.7 Å². The molecule has 1 fully saturated rings. The number of ether oxygens (including phenoxy) is 1. The maximum Gasteiger partial charge on any atom is 0.573 e. The Morgan fingerprint density at radius 2 is 1.87 bits per heavy atom. The molecule has 238 valence electrons. The van der Waals surface area contributed by atoms with E-state index in [4.69, 9.17) is 0 Å². The fourth-order valence-corrected chi connectivity index (χ4v) is 5.60. The van der Waals surface area contributed by atoms with E-state index in [1.165, 1.54) is 17.7 Å². The van der Waals surface area contributed by atoms with Crippen LogP contribution in [0.1, 0.15) is 29.4 Å². The lowest BCUT2D eigenvalue weighted by molar-refractivity contribution is -0.275. The van der Waals surface area contributed by atoms with Gasteiger partial charge in [-0.05, 0) is 43.7 Å². The molecule has 0 aliphatic carbocycles. The third kappa shape index (κ3) is 5.99. The molecule has 4 heterocycles. The van der Waals surface area contributed by atoms with Gasteiger partial charge in [-0.2, -0.15) is 5.10 Å². The van der Waals surface area contributed by atoms with Crippen molar-refractivity contribution >= 4 is 39.8 Å². The van der Waals surface area contributed by atoms with Crippen LogP contribution in [-0.4, -0.2) is 66.8 Å². The van der Waals surface area contributed by atoms with Gasteiger partial charge in [0.15, 0.2) is 23.0 Å². The fraction of sp³-hybridized carbons (Fsp3) is 0.258. The molecule has 6 rings (SSSR count). The summed E-state index contributed by atoms with van der Waals surface area (Å²) < 4.78 is 73.9. The van der Waals surface area contributed by atoms with Gasteiger partial charge >= 0.3 is 6.36 Å². The van der Waals surface area contributed by atoms with E-state index in [0.29, 0.717) is 22.1 Å². The Labute approximate surface area is 257 Å². The van der Waals surface area contributed by atoms with Crippen LogP contribution in [0.2, 0.25) is 0 Å². The number of benzene rings is 2. The van der Waals surface area contributed by atoms with Gasteiger partial charge in [0.05, 0.1) is 17.9 Å². The average molecular weight is 641 g/mol. The normalized spacial score (nSPS) is 16.7. The number of alkyl halides is 4. The first-order valence-electron chi connectivity index (χ1n) is 14.0. The number of rotatable bonds is 7. The number of aromatic nitrogens is 4. The second-order valence-corrected chi connectivity index (χ2v) is 10.9. The summed E-state index contributed by atoms with van der Waals surface area (Å²) in [5, 5.41) is 7.09. The predicted octanol–water partition coefficient (Wildman–Crippen LogP) is 5.48. The van der Waals surface area contributed by atoms with E-state index in [9.17, 15) is 36.3 Å². The standard InChI is InChI=1S/C31H25F5N6O4/c1-16-8-27-37-11-19(12-42(27)39-16)18-6-7-24-21(9-18)22(17(2)43)14-40(24)15-28(44)41-13-20(32)10-25(41)30(45)38-23-4-3-5-26(29(23)33)46-31(34,35)36/h3-9,11-12,14,20,25H,10,13,15H2,1-2H3,(H,38,45)/t20-,25+/m1/s1. The summed E-state index contributed by atoms with van der Waals surface area (Å²) in [7, 11) is 0. The van der Waals surface area contributed by atoms with Crippen molar-refractivity contribution < 1.29 is 41.1 Å². The second-order valence-electron chi connectivity index (χ2n) is 10.9. The van der Waals surface area contributed by atoms with Crippen LogP contribution in [0, 0.1) is 12.7 Å². The second kappa shape index (κ2) is 11.5. The van der Waals surface area contributed by atoms with Gasteiger partial charge < -0.3 is 19.5 Å². The molecule has 0 saturated carbocycles. The minimum Gasteiger partial charge on any atom is -0.403 e. The molecule has 15 heteroatoms. The first-order valence-corrected chi connectivity index (χ1v) is 14.0. The van der Waals surface area contributed by atoms with Gasteiger partial charge in [0.1, 0.15) is 18.8 Å². The number of amides is 2. The zero-order chi connectivity index (χ0) is 32.9. The monoisotopic (exact) mass is 640 g/mol. The number of halogens is 5. The molecule has 2 atom stereocenters. The van der Waals surface area contributed by atoms with Crippen LogP contribution in [0.15, 0.2) is 61.1 Å². The number of Topliss-reactive ketones (excluding diaryl/α,β-unsaturated/α-hetero) is 1. The minimum atomic E-state index is -5.17. The van der Waals surface area contributed by atoms with Crippen molar-refractivity contribution in [3.05, 3.63) is 78.1 Å². The highest BCUT2D eigenvalue weighted by Gasteiger charge is 2.40. The van der Waals surface area contributed by atoms with Gasteiger partial charge in [0.25, 0.3) is 0 Å². The van der Waals surface area contributed by atoms with E-state index >= 15 is 0 Å². The topological polar surface area (TPSA) is 111 Å². The number of nitrogens with one attached hydrogen (secondary N) is 1. The van der Waals surface area contributed by atoms with Gasteiger partial charge in [0, 0.05) is 53.1 Å². The maximum atomic E-state index is 14.7. The number of nitrogens with zero attached hydrogens (tertiary/aromatic N) is 5. The Balaban J connectivity index is 1.25. The molecule has 0 unspecified atom stereocenters. The van der Waals surface area contributed by atoms with Gasteiger partial charge in [0.2, 0.25) is 11.8 Å². The van der Waals surface area contributed by atoms with Crippen molar-refractivity contribution in [2.45, 2.75) is 45.4 Å². The summed E-state index contributed by atoms with van der Waals surface area (Å²) in [5.41, 5.74) is 3.20. The fourth-order valence-electron chi connectivity index (χ4n) is 5.60. The molecule has 2 aromatic carbocycles. The quantitative estimate of drug-likeness (QED) is 0.187. The number of carbonyl (C=O) groups is 3. The van der Waals surface area contributed by atoms with Crippen molar-refractivity contribution in [1.82, 2.24) is 24.1 Å². The summed E-state index contributed by atoms with van der Waals surface area (Å²) >= 11 is 0. The number of ketones is 1. The minimum absolute atomic E-state index is 0.259. The van der Waals surface area contributed by atoms with Crippen LogP contribution in [-0.2, 0) is 16.1 Å². The molecule has 1 aliphatic rings. The van der Waals surface area contributed by atoms with Crippen LogP contribution < -0.4 is 10.1 Å². The first-order chi connectivity index (χ1) is 21.8. The van der Waals surface area contributed by atoms with E-state index < -0.39 is 60.6 Å². The summed E-state index contributed by atoms with van der Waals surface area (Å²) in [6, 6.07) is 8.56. The molecule has 0 bridgehead atoms. The Morgan fingerprint density at radius 1 is 1.09 bits per heavy atom. The number of likely N-dealkylation sites (tertiary alicyclic amines) is 1. The van der Waals surface area contributed by atoms with Crippen LogP contribution in [0.4, 0.5) is 27.6 Å². The van der Waals surface area contributed by atoms with E-state index in [1.807, 2.05) is 19.2 Å².